The van der Waals surface area contributed by atoms with E-state index in [0.717, 1.165) is 16.5 Å². The van der Waals surface area contributed by atoms with Gasteiger partial charge in [-0.1, -0.05) is 85.7 Å². The summed E-state index contributed by atoms with van der Waals surface area (Å²) in [6, 6.07) is 23.8. The number of halogens is 1. The molecule has 7 heteroatoms. The third-order valence-electron chi connectivity index (χ3n) is 7.00. The molecule has 2 heterocycles. The van der Waals surface area contributed by atoms with Crippen molar-refractivity contribution >= 4 is 22.8 Å². The Morgan fingerprint density at radius 1 is 0.973 bits per heavy atom. The molecule has 1 fully saturated rings. The van der Waals surface area contributed by atoms with E-state index >= 15 is 0 Å². The number of hydrogen-bond acceptors (Lipinski definition) is 4. The molecular weight excluding hydrogens is 469 g/mol. The molecule has 37 heavy (non-hydrogen) atoms. The maximum atomic E-state index is 14.6. The Balaban J connectivity index is 1.37. The van der Waals surface area contributed by atoms with Crippen molar-refractivity contribution in [1.29, 1.82) is 0 Å². The van der Waals surface area contributed by atoms with Crippen molar-refractivity contribution in [3.8, 4) is 0 Å². The highest BCUT2D eigenvalue weighted by Gasteiger charge is 2.40. The lowest BCUT2D eigenvalue weighted by Crippen LogP contribution is -2.47. The van der Waals surface area contributed by atoms with Crippen LogP contribution in [-0.2, 0) is 16.0 Å². The lowest BCUT2D eigenvalue weighted by atomic mass is 9.95. The van der Waals surface area contributed by atoms with Gasteiger partial charge in [0.15, 0.2) is 5.58 Å². The summed E-state index contributed by atoms with van der Waals surface area (Å²) in [5.41, 5.74) is 4.10. The average molecular weight is 500 g/mol. The normalized spacial score (nSPS) is 18.3. The molecule has 1 N–H and O–H groups in total. The Morgan fingerprint density at radius 3 is 2.35 bits per heavy atom. The van der Waals surface area contributed by atoms with Crippen LogP contribution in [0.25, 0.3) is 11.0 Å². The number of amides is 2. The van der Waals surface area contributed by atoms with E-state index in [0.29, 0.717) is 17.2 Å². The summed E-state index contributed by atoms with van der Waals surface area (Å²) < 4.78 is 19.9. The van der Waals surface area contributed by atoms with E-state index in [1.165, 1.54) is 10.5 Å². The fourth-order valence-electron chi connectivity index (χ4n) is 4.94. The summed E-state index contributed by atoms with van der Waals surface area (Å²) in [5, 5.41) is 7.86. The minimum Gasteiger partial charge on any atom is -0.356 e. The van der Waals surface area contributed by atoms with Crippen LogP contribution in [-0.4, -0.2) is 40.6 Å². The molecule has 0 saturated carbocycles. The predicted molar refractivity (Wildman–Crippen MR) is 140 cm³/mol. The number of nitrogens with one attached hydrogen (secondary N) is 1. The van der Waals surface area contributed by atoms with Gasteiger partial charge in [-0.3, -0.25) is 9.59 Å². The summed E-state index contributed by atoms with van der Waals surface area (Å²) in [7, 11) is 0. The third-order valence-corrected chi connectivity index (χ3v) is 7.00. The van der Waals surface area contributed by atoms with Crippen LogP contribution in [0.4, 0.5) is 4.39 Å². The Morgan fingerprint density at radius 2 is 1.62 bits per heavy atom. The monoisotopic (exact) mass is 499 g/mol. The molecule has 6 nitrogen and oxygen atoms in total. The molecule has 1 saturated heterocycles. The second-order valence-electron chi connectivity index (χ2n) is 9.87. The lowest BCUT2D eigenvalue weighted by molar-refractivity contribution is -0.138. The van der Waals surface area contributed by atoms with Crippen molar-refractivity contribution in [3.63, 3.8) is 0 Å². The van der Waals surface area contributed by atoms with Gasteiger partial charge in [-0.15, -0.1) is 0 Å². The highest BCUT2D eigenvalue weighted by Crippen LogP contribution is 2.28. The zero-order valence-electron chi connectivity index (χ0n) is 20.9. The molecule has 0 bridgehead atoms. The van der Waals surface area contributed by atoms with Crippen LogP contribution >= 0.6 is 0 Å². The number of fused-ring (bicyclic) bond motifs is 1. The van der Waals surface area contributed by atoms with E-state index in [2.05, 4.69) is 36.5 Å². The summed E-state index contributed by atoms with van der Waals surface area (Å²) in [4.78, 5) is 28.1. The topological polar surface area (TPSA) is 75.4 Å². The minimum atomic E-state index is -1.27. The number of alkyl halides is 1. The lowest BCUT2D eigenvalue weighted by Gasteiger charge is -2.27. The molecule has 1 aliphatic rings. The molecule has 1 aliphatic heterocycles. The number of nitrogens with zero attached hydrogens (tertiary/aromatic N) is 2. The van der Waals surface area contributed by atoms with Gasteiger partial charge in [0.2, 0.25) is 11.8 Å². The zero-order chi connectivity index (χ0) is 25.9. The highest BCUT2D eigenvalue weighted by molar-refractivity contribution is 5.91. The SMILES string of the molecule is CC(C)c1ccc([C@@H](NC(=O)[C@@H]2C[C@@H](F)CN2C(=O)Cc2noc3ccccc23)c2ccccc2)cc1. The van der Waals surface area contributed by atoms with Gasteiger partial charge in [0.05, 0.1) is 19.0 Å². The van der Waals surface area contributed by atoms with Crippen LogP contribution in [0, 0.1) is 0 Å². The molecule has 5 rings (SSSR count). The molecule has 3 aromatic carbocycles. The quantitative estimate of drug-likeness (QED) is 0.373. The van der Waals surface area contributed by atoms with Crippen molar-refractivity contribution in [2.45, 2.75) is 50.9 Å². The van der Waals surface area contributed by atoms with Crippen LogP contribution in [0.15, 0.2) is 83.4 Å². The van der Waals surface area contributed by atoms with E-state index in [1.54, 1.807) is 6.07 Å². The largest absolute Gasteiger partial charge is 0.356 e. The van der Waals surface area contributed by atoms with Crippen LogP contribution in [0.2, 0.25) is 0 Å². The van der Waals surface area contributed by atoms with Gasteiger partial charge < -0.3 is 14.7 Å². The van der Waals surface area contributed by atoms with E-state index in [4.69, 9.17) is 4.52 Å². The fourth-order valence-corrected chi connectivity index (χ4v) is 4.94. The maximum Gasteiger partial charge on any atom is 0.243 e. The molecule has 1 aromatic heterocycles. The number of hydrogen-bond donors (Lipinski definition) is 1. The van der Waals surface area contributed by atoms with Crippen LogP contribution in [0.3, 0.4) is 0 Å². The number of carbonyl (C=O) groups is 2. The summed E-state index contributed by atoms with van der Waals surface area (Å²) in [6.45, 7) is 4.14. The Hall–Kier alpha value is -4.00. The standard InChI is InChI=1S/C30H30FN3O3/c1-19(2)20-12-14-22(15-13-20)29(21-8-4-3-5-9-21)32-30(36)26-16-23(31)18-34(26)28(35)17-25-24-10-6-7-11-27(24)37-33-25/h3-15,19,23,26,29H,16-18H2,1-2H3,(H,32,36)/t23-,26+,29+/m1/s1. The molecule has 0 unspecified atom stereocenters. The van der Waals surface area contributed by atoms with E-state index < -0.39 is 18.3 Å². The molecular formula is C30H30FN3O3. The first-order valence-corrected chi connectivity index (χ1v) is 12.6. The van der Waals surface area contributed by atoms with Crippen molar-refractivity contribution in [2.75, 3.05) is 6.54 Å². The second kappa shape index (κ2) is 10.5. The molecule has 0 radical (unpaired) electrons. The summed E-state index contributed by atoms with van der Waals surface area (Å²) >= 11 is 0. The van der Waals surface area contributed by atoms with Crippen molar-refractivity contribution in [3.05, 3.63) is 101 Å². The average Bonchev–Trinajstić information content (AvgIpc) is 3.51. The smallest absolute Gasteiger partial charge is 0.243 e. The Kier molecular flexibility index (Phi) is 7.04. The first-order valence-electron chi connectivity index (χ1n) is 12.6. The Bertz CT molecular complexity index is 1380. The Labute approximate surface area is 215 Å². The van der Waals surface area contributed by atoms with Gasteiger partial charge in [0.25, 0.3) is 0 Å². The zero-order valence-corrected chi connectivity index (χ0v) is 20.9. The van der Waals surface area contributed by atoms with E-state index in [-0.39, 0.29) is 31.2 Å². The van der Waals surface area contributed by atoms with Gasteiger partial charge in [-0.05, 0) is 34.7 Å². The fraction of sp³-hybridized carbons (Fsp3) is 0.300. The van der Waals surface area contributed by atoms with Crippen molar-refractivity contribution in [1.82, 2.24) is 15.4 Å². The first-order chi connectivity index (χ1) is 17.9. The van der Waals surface area contributed by atoms with Gasteiger partial charge >= 0.3 is 0 Å². The van der Waals surface area contributed by atoms with Gasteiger partial charge in [0, 0.05) is 11.8 Å². The summed E-state index contributed by atoms with van der Waals surface area (Å²) in [6.07, 6.45) is -1.37. The molecule has 2 amide bonds. The van der Waals surface area contributed by atoms with Crippen LogP contribution in [0.5, 0.6) is 0 Å². The third kappa shape index (κ3) is 5.26. The van der Waals surface area contributed by atoms with Crippen molar-refractivity contribution < 1.29 is 18.5 Å². The molecule has 190 valence electrons. The predicted octanol–water partition coefficient (Wildman–Crippen LogP) is 5.34. The molecule has 4 aromatic rings. The number of benzene rings is 3. The van der Waals surface area contributed by atoms with E-state index in [1.807, 2.05) is 60.7 Å². The number of aromatic nitrogens is 1. The van der Waals surface area contributed by atoms with Crippen LogP contribution in [0.1, 0.15) is 54.6 Å². The molecule has 3 atom stereocenters. The number of likely N-dealkylation sites (tertiary alicyclic amines) is 1. The van der Waals surface area contributed by atoms with Crippen LogP contribution < -0.4 is 5.32 Å². The molecule has 0 spiro atoms. The van der Waals surface area contributed by atoms with E-state index in [9.17, 15) is 14.0 Å². The maximum absolute atomic E-state index is 14.6. The minimum absolute atomic E-state index is 0.0368. The second-order valence-corrected chi connectivity index (χ2v) is 9.87. The van der Waals surface area contributed by atoms with Gasteiger partial charge in [0.1, 0.15) is 17.9 Å². The number of rotatable bonds is 7. The van der Waals surface area contributed by atoms with Gasteiger partial charge in [-0.2, -0.15) is 0 Å². The number of carbonyl (C=O) groups excluding carboxylic acids is 2. The van der Waals surface area contributed by atoms with Gasteiger partial charge in [-0.25, -0.2) is 4.39 Å². The van der Waals surface area contributed by atoms with Crippen molar-refractivity contribution in [2.24, 2.45) is 0 Å². The number of para-hydroxylation sites is 1. The first kappa shape index (κ1) is 24.7. The molecule has 0 aliphatic carbocycles. The highest BCUT2D eigenvalue weighted by atomic mass is 19.1. The summed E-state index contributed by atoms with van der Waals surface area (Å²) in [5.74, 6) is -0.336.